The molecule has 0 saturated heterocycles. The Balaban J connectivity index is 2.21. The van der Waals surface area contributed by atoms with Gasteiger partial charge in [-0.15, -0.1) is 0 Å². The smallest absolute Gasteiger partial charge is 0.230 e. The van der Waals surface area contributed by atoms with Gasteiger partial charge in [0.1, 0.15) is 11.5 Å². The normalized spacial score (nSPS) is 10.8. The van der Waals surface area contributed by atoms with Gasteiger partial charge in [-0.2, -0.15) is 0 Å². The summed E-state index contributed by atoms with van der Waals surface area (Å²) in [6.45, 7) is 0.311. The topological polar surface area (TPSA) is 91.0 Å². The molecule has 3 rings (SSSR count). The summed E-state index contributed by atoms with van der Waals surface area (Å²) >= 11 is 0. The first-order valence-corrected chi connectivity index (χ1v) is 6.35. The molecule has 21 heavy (non-hydrogen) atoms. The van der Waals surface area contributed by atoms with Crippen LogP contribution >= 0.6 is 0 Å². The second-order valence-electron chi connectivity index (χ2n) is 4.52. The fourth-order valence-corrected chi connectivity index (χ4v) is 2.17. The molecule has 0 fully saturated rings. The fraction of sp³-hybridized carbons (Fsp3) is 0.0667. The highest BCUT2D eigenvalue weighted by molar-refractivity contribution is 5.86. The Hall–Kier alpha value is -2.73. The molecule has 0 unspecified atom stereocenters. The van der Waals surface area contributed by atoms with E-state index in [2.05, 4.69) is 10.1 Å². The van der Waals surface area contributed by atoms with E-state index in [1.807, 2.05) is 0 Å². The van der Waals surface area contributed by atoms with Crippen molar-refractivity contribution in [3.05, 3.63) is 54.1 Å². The van der Waals surface area contributed by atoms with E-state index in [1.54, 1.807) is 36.7 Å². The maximum absolute atomic E-state index is 14.1. The minimum absolute atomic E-state index is 0.133. The van der Waals surface area contributed by atoms with Crippen LogP contribution in [0.1, 0.15) is 5.56 Å². The summed E-state index contributed by atoms with van der Waals surface area (Å²) in [5, 5.41) is 3.90. The van der Waals surface area contributed by atoms with Crippen LogP contribution in [0.2, 0.25) is 0 Å². The lowest BCUT2D eigenvalue weighted by molar-refractivity contribution is 0.439. The molecule has 5 nitrogen and oxygen atoms in total. The Morgan fingerprint density at radius 2 is 1.90 bits per heavy atom. The van der Waals surface area contributed by atoms with Crippen LogP contribution in [0.3, 0.4) is 0 Å². The standard InChI is InChI=1S/C15H13FN4O/c16-12-2-1-9(8-17)7-11(12)14-13(15(18)21-20-14)10-3-5-19-6-4-10/h1-7H,8,17-18H2. The predicted octanol–water partition coefficient (Wildman–Crippen LogP) is 2.58. The molecule has 0 aliphatic heterocycles. The average Bonchev–Trinajstić information content (AvgIpc) is 2.90. The van der Waals surface area contributed by atoms with Gasteiger partial charge in [-0.25, -0.2) is 4.39 Å². The zero-order valence-corrected chi connectivity index (χ0v) is 11.1. The predicted molar refractivity (Wildman–Crippen MR) is 77.4 cm³/mol. The van der Waals surface area contributed by atoms with Crippen molar-refractivity contribution in [1.29, 1.82) is 0 Å². The summed E-state index contributed by atoms with van der Waals surface area (Å²) in [6.07, 6.45) is 3.25. The van der Waals surface area contributed by atoms with Gasteiger partial charge < -0.3 is 16.0 Å². The lowest BCUT2D eigenvalue weighted by atomic mass is 10.00. The number of pyridine rings is 1. The Morgan fingerprint density at radius 1 is 1.14 bits per heavy atom. The first kappa shape index (κ1) is 13.3. The third-order valence-corrected chi connectivity index (χ3v) is 3.21. The molecule has 0 saturated carbocycles. The number of nitrogen functional groups attached to an aromatic ring is 1. The first-order valence-electron chi connectivity index (χ1n) is 6.35. The highest BCUT2D eigenvalue weighted by Gasteiger charge is 2.20. The number of rotatable bonds is 3. The molecule has 0 bridgehead atoms. The Bertz CT molecular complexity index is 771. The summed E-state index contributed by atoms with van der Waals surface area (Å²) in [7, 11) is 0. The van der Waals surface area contributed by atoms with Gasteiger partial charge in [0.05, 0.1) is 5.56 Å². The molecule has 0 spiro atoms. The van der Waals surface area contributed by atoms with Crippen LogP contribution in [0.5, 0.6) is 0 Å². The number of nitrogens with zero attached hydrogens (tertiary/aromatic N) is 2. The van der Waals surface area contributed by atoms with E-state index in [9.17, 15) is 4.39 Å². The van der Waals surface area contributed by atoms with Crippen molar-refractivity contribution < 1.29 is 8.91 Å². The van der Waals surface area contributed by atoms with Crippen LogP contribution in [0, 0.1) is 5.82 Å². The monoisotopic (exact) mass is 284 g/mol. The second kappa shape index (κ2) is 5.34. The van der Waals surface area contributed by atoms with Gasteiger partial charge >= 0.3 is 0 Å². The highest BCUT2D eigenvalue weighted by Crippen LogP contribution is 2.37. The number of halogens is 1. The molecule has 0 atom stereocenters. The van der Waals surface area contributed by atoms with Crippen LogP contribution in [0.15, 0.2) is 47.2 Å². The van der Waals surface area contributed by atoms with E-state index < -0.39 is 5.82 Å². The van der Waals surface area contributed by atoms with Crippen molar-refractivity contribution >= 4 is 5.88 Å². The van der Waals surface area contributed by atoms with Crippen LogP contribution in [-0.2, 0) is 6.54 Å². The number of anilines is 1. The lowest BCUT2D eigenvalue weighted by Gasteiger charge is -2.05. The highest BCUT2D eigenvalue weighted by atomic mass is 19.1. The van der Waals surface area contributed by atoms with E-state index in [1.165, 1.54) is 6.07 Å². The second-order valence-corrected chi connectivity index (χ2v) is 4.52. The number of hydrogen-bond acceptors (Lipinski definition) is 5. The van der Waals surface area contributed by atoms with E-state index in [-0.39, 0.29) is 5.88 Å². The van der Waals surface area contributed by atoms with Gasteiger partial charge in [-0.1, -0.05) is 11.2 Å². The summed E-state index contributed by atoms with van der Waals surface area (Å²) in [5.74, 6) is -0.274. The first-order chi connectivity index (χ1) is 10.2. The zero-order chi connectivity index (χ0) is 14.8. The van der Waals surface area contributed by atoms with E-state index >= 15 is 0 Å². The minimum Gasteiger partial charge on any atom is -0.367 e. The molecule has 4 N–H and O–H groups in total. The van der Waals surface area contributed by atoms with Gasteiger partial charge in [0, 0.05) is 24.5 Å². The molecule has 0 amide bonds. The minimum atomic E-state index is -0.407. The van der Waals surface area contributed by atoms with Gasteiger partial charge in [0.25, 0.3) is 0 Å². The molecule has 3 aromatic rings. The molecule has 1 aromatic carbocycles. The number of hydrogen-bond donors (Lipinski definition) is 2. The molecular weight excluding hydrogens is 271 g/mol. The van der Waals surface area contributed by atoms with Gasteiger partial charge in [0.15, 0.2) is 0 Å². The Labute approximate surface area is 120 Å². The van der Waals surface area contributed by atoms with Crippen molar-refractivity contribution in [2.24, 2.45) is 5.73 Å². The average molecular weight is 284 g/mol. The maximum atomic E-state index is 14.1. The Kier molecular flexibility index (Phi) is 3.37. The summed E-state index contributed by atoms with van der Waals surface area (Å²) in [6, 6.07) is 8.17. The summed E-state index contributed by atoms with van der Waals surface area (Å²) < 4.78 is 19.2. The van der Waals surface area contributed by atoms with Gasteiger partial charge in [-0.05, 0) is 35.4 Å². The maximum Gasteiger partial charge on any atom is 0.230 e. The largest absolute Gasteiger partial charge is 0.367 e. The molecule has 106 valence electrons. The van der Waals surface area contributed by atoms with Crippen LogP contribution in [0.4, 0.5) is 10.3 Å². The van der Waals surface area contributed by atoms with E-state index in [4.69, 9.17) is 16.0 Å². The lowest BCUT2D eigenvalue weighted by Crippen LogP contribution is -1.98. The van der Waals surface area contributed by atoms with Gasteiger partial charge in [0.2, 0.25) is 5.88 Å². The number of aromatic nitrogens is 2. The summed E-state index contributed by atoms with van der Waals surface area (Å²) in [4.78, 5) is 3.95. The molecular formula is C15H13FN4O. The third-order valence-electron chi connectivity index (χ3n) is 3.21. The quantitative estimate of drug-likeness (QED) is 0.771. The van der Waals surface area contributed by atoms with Crippen LogP contribution < -0.4 is 11.5 Å². The number of nitrogens with two attached hydrogens (primary N) is 2. The molecule has 0 aliphatic carbocycles. The van der Waals surface area contributed by atoms with Crippen LogP contribution in [-0.4, -0.2) is 10.1 Å². The molecule has 6 heteroatoms. The van der Waals surface area contributed by atoms with Crippen LogP contribution in [0.25, 0.3) is 22.4 Å². The molecule has 2 heterocycles. The fourth-order valence-electron chi connectivity index (χ4n) is 2.17. The van der Waals surface area contributed by atoms with Crippen molar-refractivity contribution in [3.63, 3.8) is 0 Å². The van der Waals surface area contributed by atoms with E-state index in [0.717, 1.165) is 11.1 Å². The molecule has 2 aromatic heterocycles. The molecule has 0 aliphatic rings. The van der Waals surface area contributed by atoms with Gasteiger partial charge in [-0.3, -0.25) is 4.98 Å². The Morgan fingerprint density at radius 3 is 2.62 bits per heavy atom. The van der Waals surface area contributed by atoms with Crippen molar-refractivity contribution in [2.75, 3.05) is 5.73 Å². The zero-order valence-electron chi connectivity index (χ0n) is 11.1. The van der Waals surface area contributed by atoms with E-state index in [0.29, 0.717) is 23.4 Å². The summed E-state index contributed by atoms with van der Waals surface area (Å²) in [5.41, 5.74) is 14.2. The SMILES string of the molecule is NCc1ccc(F)c(-c2noc(N)c2-c2ccncc2)c1. The molecule has 0 radical (unpaired) electrons. The van der Waals surface area contributed by atoms with Crippen molar-refractivity contribution in [2.45, 2.75) is 6.54 Å². The van der Waals surface area contributed by atoms with Crippen molar-refractivity contribution in [3.8, 4) is 22.4 Å². The van der Waals surface area contributed by atoms with Crippen molar-refractivity contribution in [1.82, 2.24) is 10.1 Å². The number of benzene rings is 1. The third kappa shape index (κ3) is 2.36.